The van der Waals surface area contributed by atoms with Crippen LogP contribution in [0.25, 0.3) is 0 Å². The molecule has 1 heterocycles. The Labute approximate surface area is 129 Å². The molecule has 1 unspecified atom stereocenters. The lowest BCUT2D eigenvalue weighted by molar-refractivity contribution is -0.175. The molecular weight excluding hydrogens is 284 g/mol. The van der Waals surface area contributed by atoms with Gasteiger partial charge in [0.1, 0.15) is 6.04 Å². The average molecular weight is 304 g/mol. The smallest absolute Gasteiger partial charge is 0.328 e. The van der Waals surface area contributed by atoms with Gasteiger partial charge in [-0.05, 0) is 31.6 Å². The first-order chi connectivity index (χ1) is 10.5. The normalized spacial score (nSPS) is 15.2. The zero-order valence-corrected chi connectivity index (χ0v) is 13.0. The fourth-order valence-electron chi connectivity index (χ4n) is 2.64. The van der Waals surface area contributed by atoms with Crippen molar-refractivity contribution in [2.24, 2.45) is 0 Å². The van der Waals surface area contributed by atoms with Crippen LogP contribution in [0.3, 0.4) is 0 Å². The quantitative estimate of drug-likeness (QED) is 0.750. The molecule has 0 bridgehead atoms. The fraction of sp³-hybridized carbons (Fsp3) is 0.438. The zero-order chi connectivity index (χ0) is 16.3. The Hall–Kier alpha value is -2.21. The molecule has 6 heteroatoms. The summed E-state index contributed by atoms with van der Waals surface area (Å²) >= 11 is 0. The molecule has 6 nitrogen and oxygen atoms in total. The Morgan fingerprint density at radius 3 is 2.00 bits per heavy atom. The maximum atomic E-state index is 12.3. The number of carbonyl (C=O) groups is 3. The molecule has 118 valence electrons. The van der Waals surface area contributed by atoms with Gasteiger partial charge >= 0.3 is 5.97 Å². The molecular formula is C16H20N2O4. The van der Waals surface area contributed by atoms with Crippen molar-refractivity contribution in [3.8, 4) is 0 Å². The van der Waals surface area contributed by atoms with E-state index in [0.717, 1.165) is 0 Å². The molecule has 2 rings (SSSR count). The summed E-state index contributed by atoms with van der Waals surface area (Å²) in [6.07, 6.45) is 0.545. The second-order valence-electron chi connectivity index (χ2n) is 5.01. The lowest BCUT2D eigenvalue weighted by atomic mass is 10.1. The third-order valence-electron chi connectivity index (χ3n) is 3.85. The van der Waals surface area contributed by atoms with Gasteiger partial charge in [0.05, 0.1) is 11.1 Å². The van der Waals surface area contributed by atoms with Gasteiger partial charge in [-0.2, -0.15) is 0 Å². The highest BCUT2D eigenvalue weighted by molar-refractivity contribution is 6.20. The van der Waals surface area contributed by atoms with E-state index < -0.39 is 23.8 Å². The van der Waals surface area contributed by atoms with Crippen LogP contribution in [-0.4, -0.2) is 46.9 Å². The van der Waals surface area contributed by atoms with Crippen molar-refractivity contribution < 1.29 is 19.2 Å². The van der Waals surface area contributed by atoms with Crippen molar-refractivity contribution in [3.63, 3.8) is 0 Å². The van der Waals surface area contributed by atoms with E-state index in [1.54, 1.807) is 24.3 Å². The SMILES string of the molecule is CCC(C(=O)ON1C(=O)c2ccccc2C1=O)N(CC)CC. The standard InChI is InChI=1S/C16H20N2O4/c1-4-13(17(5-2)6-3)16(21)22-18-14(19)11-9-7-8-10-12(11)15(18)20/h7-10,13H,4-6H2,1-3H3. The van der Waals surface area contributed by atoms with Gasteiger partial charge in [-0.15, -0.1) is 0 Å². The van der Waals surface area contributed by atoms with Gasteiger partial charge in [0.25, 0.3) is 11.8 Å². The highest BCUT2D eigenvalue weighted by atomic mass is 16.7. The monoisotopic (exact) mass is 304 g/mol. The molecule has 0 N–H and O–H groups in total. The minimum atomic E-state index is -0.594. The predicted octanol–water partition coefficient (Wildman–Crippen LogP) is 1.86. The van der Waals surface area contributed by atoms with E-state index in [1.165, 1.54) is 0 Å². The van der Waals surface area contributed by atoms with Gasteiger partial charge in [-0.25, -0.2) is 4.79 Å². The molecule has 1 aromatic rings. The third-order valence-corrected chi connectivity index (χ3v) is 3.85. The molecule has 0 spiro atoms. The van der Waals surface area contributed by atoms with Crippen LogP contribution < -0.4 is 0 Å². The number of carbonyl (C=O) groups excluding carboxylic acids is 3. The van der Waals surface area contributed by atoms with Crippen LogP contribution in [0.2, 0.25) is 0 Å². The highest BCUT2D eigenvalue weighted by Gasteiger charge is 2.40. The van der Waals surface area contributed by atoms with Gasteiger partial charge < -0.3 is 4.84 Å². The summed E-state index contributed by atoms with van der Waals surface area (Å²) in [5, 5.41) is 0.569. The number of hydroxylamine groups is 2. The molecule has 1 aliphatic rings. The van der Waals surface area contributed by atoms with Crippen LogP contribution in [0.4, 0.5) is 0 Å². The summed E-state index contributed by atoms with van der Waals surface area (Å²) in [7, 11) is 0. The van der Waals surface area contributed by atoms with Crippen LogP contribution in [0.5, 0.6) is 0 Å². The van der Waals surface area contributed by atoms with Gasteiger partial charge in [-0.1, -0.05) is 38.0 Å². The molecule has 2 amide bonds. The van der Waals surface area contributed by atoms with E-state index in [-0.39, 0.29) is 11.1 Å². The summed E-state index contributed by atoms with van der Waals surface area (Å²) in [5.74, 6) is -1.77. The number of benzene rings is 1. The molecule has 22 heavy (non-hydrogen) atoms. The van der Waals surface area contributed by atoms with Crippen molar-refractivity contribution in [3.05, 3.63) is 35.4 Å². The van der Waals surface area contributed by atoms with E-state index in [2.05, 4.69) is 0 Å². The van der Waals surface area contributed by atoms with Gasteiger partial charge in [0.2, 0.25) is 0 Å². The zero-order valence-electron chi connectivity index (χ0n) is 13.0. The van der Waals surface area contributed by atoms with Gasteiger partial charge in [0, 0.05) is 0 Å². The van der Waals surface area contributed by atoms with Gasteiger partial charge in [0.15, 0.2) is 0 Å². The maximum absolute atomic E-state index is 12.3. The number of nitrogens with zero attached hydrogens (tertiary/aromatic N) is 2. The first-order valence-corrected chi connectivity index (χ1v) is 7.48. The number of likely N-dealkylation sites (N-methyl/N-ethyl adjacent to an activating group) is 1. The highest BCUT2D eigenvalue weighted by Crippen LogP contribution is 2.23. The minimum Gasteiger partial charge on any atom is -0.328 e. The molecule has 1 atom stereocenters. The number of hydrogen-bond donors (Lipinski definition) is 0. The molecule has 1 aromatic carbocycles. The number of rotatable bonds is 6. The number of amides is 2. The maximum Gasteiger partial charge on any atom is 0.350 e. The number of fused-ring (bicyclic) bond motifs is 1. The first kappa shape index (κ1) is 16.2. The second-order valence-corrected chi connectivity index (χ2v) is 5.01. The average Bonchev–Trinajstić information content (AvgIpc) is 2.77. The van der Waals surface area contributed by atoms with Crippen LogP contribution in [0.1, 0.15) is 47.9 Å². The lowest BCUT2D eigenvalue weighted by Crippen LogP contribution is -2.45. The summed E-state index contributed by atoms with van der Waals surface area (Å²) in [6.45, 7) is 7.13. The first-order valence-electron chi connectivity index (χ1n) is 7.48. The van der Waals surface area contributed by atoms with Crippen LogP contribution in [-0.2, 0) is 9.63 Å². The topological polar surface area (TPSA) is 66.9 Å². The van der Waals surface area contributed by atoms with Crippen LogP contribution in [0, 0.1) is 0 Å². The number of imide groups is 1. The molecule has 0 saturated heterocycles. The fourth-order valence-corrected chi connectivity index (χ4v) is 2.64. The van der Waals surface area contributed by atoms with E-state index in [4.69, 9.17) is 4.84 Å². The Morgan fingerprint density at radius 2 is 1.59 bits per heavy atom. The Morgan fingerprint density at radius 1 is 1.09 bits per heavy atom. The Balaban J connectivity index is 2.16. The van der Waals surface area contributed by atoms with E-state index in [9.17, 15) is 14.4 Å². The molecule has 0 fully saturated rings. The predicted molar refractivity (Wildman–Crippen MR) is 80.0 cm³/mol. The second kappa shape index (κ2) is 6.70. The van der Waals surface area contributed by atoms with Crippen molar-refractivity contribution in [1.82, 2.24) is 9.96 Å². The van der Waals surface area contributed by atoms with E-state index >= 15 is 0 Å². The molecule has 0 aromatic heterocycles. The van der Waals surface area contributed by atoms with Gasteiger partial charge in [-0.3, -0.25) is 14.5 Å². The lowest BCUT2D eigenvalue weighted by Gasteiger charge is -2.27. The Kier molecular flexibility index (Phi) is 4.92. The van der Waals surface area contributed by atoms with Crippen LogP contribution >= 0.6 is 0 Å². The molecule has 0 aliphatic carbocycles. The third kappa shape index (κ3) is 2.74. The van der Waals surface area contributed by atoms with E-state index in [1.807, 2.05) is 25.7 Å². The summed E-state index contributed by atoms with van der Waals surface area (Å²) in [4.78, 5) is 43.7. The van der Waals surface area contributed by atoms with Crippen molar-refractivity contribution in [1.29, 1.82) is 0 Å². The van der Waals surface area contributed by atoms with Crippen molar-refractivity contribution in [2.45, 2.75) is 33.2 Å². The van der Waals surface area contributed by atoms with Crippen LogP contribution in [0.15, 0.2) is 24.3 Å². The van der Waals surface area contributed by atoms with Crippen molar-refractivity contribution in [2.75, 3.05) is 13.1 Å². The van der Waals surface area contributed by atoms with E-state index in [0.29, 0.717) is 24.6 Å². The molecule has 1 aliphatic heterocycles. The summed E-state index contributed by atoms with van der Waals surface area (Å²) in [6, 6.07) is 5.95. The number of hydrogen-bond acceptors (Lipinski definition) is 5. The molecule has 0 saturated carbocycles. The summed E-state index contributed by atoms with van der Waals surface area (Å²) < 4.78 is 0. The largest absolute Gasteiger partial charge is 0.350 e. The van der Waals surface area contributed by atoms with Crippen molar-refractivity contribution >= 4 is 17.8 Å². The Bertz CT molecular complexity index is 561. The minimum absolute atomic E-state index is 0.260. The summed E-state index contributed by atoms with van der Waals surface area (Å²) in [5.41, 5.74) is 0.521. The molecule has 0 radical (unpaired) electrons.